The SMILES string of the molecule is C=C(/C=C\C(=C)N(C)CCOC)C(C)C. The Morgan fingerprint density at radius 1 is 1.33 bits per heavy atom. The standard InChI is InChI=1S/C13H23NO/c1-11(2)12(3)7-8-13(4)14(5)9-10-15-6/h7-8,11H,3-4,9-10H2,1-2,5-6H3/b8-7-. The van der Waals surface area contributed by atoms with E-state index in [4.69, 9.17) is 4.74 Å². The van der Waals surface area contributed by atoms with Gasteiger partial charge in [0, 0.05) is 26.4 Å². The lowest BCUT2D eigenvalue weighted by atomic mass is 10.1. The molecule has 0 heterocycles. The van der Waals surface area contributed by atoms with Crippen molar-refractivity contribution >= 4 is 0 Å². The summed E-state index contributed by atoms with van der Waals surface area (Å²) in [4.78, 5) is 2.06. The number of likely N-dealkylation sites (N-methyl/N-ethyl adjacent to an activating group) is 1. The van der Waals surface area contributed by atoms with E-state index < -0.39 is 0 Å². The Morgan fingerprint density at radius 3 is 2.40 bits per heavy atom. The molecular weight excluding hydrogens is 186 g/mol. The van der Waals surface area contributed by atoms with Gasteiger partial charge in [0.2, 0.25) is 0 Å². The van der Waals surface area contributed by atoms with Crippen molar-refractivity contribution in [2.75, 3.05) is 27.3 Å². The lowest BCUT2D eigenvalue weighted by molar-refractivity contribution is 0.175. The Balaban J connectivity index is 4.06. The van der Waals surface area contributed by atoms with Crippen LogP contribution in [0.5, 0.6) is 0 Å². The van der Waals surface area contributed by atoms with Gasteiger partial charge in [0.25, 0.3) is 0 Å². The van der Waals surface area contributed by atoms with Crippen LogP contribution < -0.4 is 0 Å². The summed E-state index contributed by atoms with van der Waals surface area (Å²) < 4.78 is 5.00. The van der Waals surface area contributed by atoms with Gasteiger partial charge < -0.3 is 9.64 Å². The van der Waals surface area contributed by atoms with Gasteiger partial charge >= 0.3 is 0 Å². The summed E-state index contributed by atoms with van der Waals surface area (Å²) in [7, 11) is 3.71. The Bertz CT molecular complexity index is 241. The number of allylic oxidation sites excluding steroid dienone is 3. The van der Waals surface area contributed by atoms with Crippen LogP contribution in [0.3, 0.4) is 0 Å². The van der Waals surface area contributed by atoms with Gasteiger partial charge in [-0.3, -0.25) is 0 Å². The Hall–Kier alpha value is -1.02. The third-order valence-corrected chi connectivity index (χ3v) is 2.35. The van der Waals surface area contributed by atoms with Crippen LogP contribution in [0, 0.1) is 5.92 Å². The third kappa shape index (κ3) is 6.13. The average molecular weight is 209 g/mol. The van der Waals surface area contributed by atoms with E-state index in [1.165, 1.54) is 0 Å². The first-order valence-corrected chi connectivity index (χ1v) is 5.25. The summed E-state index contributed by atoms with van der Waals surface area (Å²) in [6.45, 7) is 13.8. The van der Waals surface area contributed by atoms with Gasteiger partial charge in [0.1, 0.15) is 0 Å². The van der Waals surface area contributed by atoms with Gasteiger partial charge in [-0.25, -0.2) is 0 Å². The van der Waals surface area contributed by atoms with Gasteiger partial charge in [-0.15, -0.1) is 0 Å². The summed E-state index contributed by atoms with van der Waals surface area (Å²) in [5.74, 6) is 0.485. The van der Waals surface area contributed by atoms with E-state index in [2.05, 4.69) is 31.9 Å². The summed E-state index contributed by atoms with van der Waals surface area (Å²) in [5.41, 5.74) is 2.10. The number of methoxy groups -OCH3 is 1. The fourth-order valence-corrected chi connectivity index (χ4v) is 0.895. The topological polar surface area (TPSA) is 12.5 Å². The number of hydrogen-bond donors (Lipinski definition) is 0. The van der Waals surface area contributed by atoms with Crippen molar-refractivity contribution < 1.29 is 4.74 Å². The van der Waals surface area contributed by atoms with Crippen LogP contribution in [0.15, 0.2) is 36.6 Å². The zero-order valence-corrected chi connectivity index (χ0v) is 10.4. The predicted molar refractivity (Wildman–Crippen MR) is 66.8 cm³/mol. The molecular formula is C13H23NO. The molecule has 0 N–H and O–H groups in total. The maximum Gasteiger partial charge on any atom is 0.0637 e. The van der Waals surface area contributed by atoms with Crippen LogP contribution in [-0.4, -0.2) is 32.2 Å². The molecule has 0 aromatic rings. The van der Waals surface area contributed by atoms with Crippen molar-refractivity contribution in [2.45, 2.75) is 13.8 Å². The van der Waals surface area contributed by atoms with E-state index in [0.717, 1.165) is 17.8 Å². The van der Waals surface area contributed by atoms with Crippen LogP contribution in [-0.2, 0) is 4.74 Å². The Morgan fingerprint density at radius 2 is 1.93 bits per heavy atom. The third-order valence-electron chi connectivity index (χ3n) is 2.35. The average Bonchev–Trinajstić information content (AvgIpc) is 2.21. The highest BCUT2D eigenvalue weighted by atomic mass is 16.5. The first-order chi connectivity index (χ1) is 6.99. The van der Waals surface area contributed by atoms with Gasteiger partial charge in [0.05, 0.1) is 6.61 Å². The van der Waals surface area contributed by atoms with Crippen LogP contribution >= 0.6 is 0 Å². The minimum atomic E-state index is 0.485. The summed E-state index contributed by atoms with van der Waals surface area (Å²) in [6, 6.07) is 0. The molecule has 0 unspecified atom stereocenters. The van der Waals surface area contributed by atoms with Crippen molar-refractivity contribution in [1.29, 1.82) is 0 Å². The Kier molecular flexibility index (Phi) is 6.80. The predicted octanol–water partition coefficient (Wildman–Crippen LogP) is 2.85. The van der Waals surface area contributed by atoms with Crippen molar-refractivity contribution in [1.82, 2.24) is 4.90 Å². The second-order valence-electron chi connectivity index (χ2n) is 3.97. The molecule has 0 aliphatic carbocycles. The van der Waals surface area contributed by atoms with Gasteiger partial charge in [-0.2, -0.15) is 0 Å². The maximum atomic E-state index is 5.00. The maximum absolute atomic E-state index is 5.00. The van der Waals surface area contributed by atoms with Crippen LogP contribution in [0.25, 0.3) is 0 Å². The molecule has 0 fully saturated rings. The Labute approximate surface area is 93.9 Å². The van der Waals surface area contributed by atoms with Crippen molar-refractivity contribution in [3.63, 3.8) is 0 Å². The molecule has 0 saturated carbocycles. The second kappa shape index (κ2) is 7.30. The highest BCUT2D eigenvalue weighted by Crippen LogP contribution is 2.10. The van der Waals surface area contributed by atoms with Crippen molar-refractivity contribution in [2.24, 2.45) is 5.92 Å². The first kappa shape index (κ1) is 14.0. The first-order valence-electron chi connectivity index (χ1n) is 5.25. The lowest BCUT2D eigenvalue weighted by Gasteiger charge is -2.18. The van der Waals surface area contributed by atoms with E-state index in [1.807, 2.05) is 19.2 Å². The van der Waals surface area contributed by atoms with E-state index >= 15 is 0 Å². The molecule has 0 aromatic heterocycles. The zero-order chi connectivity index (χ0) is 11.8. The monoisotopic (exact) mass is 209 g/mol. The van der Waals surface area contributed by atoms with Crippen LogP contribution in [0.2, 0.25) is 0 Å². The molecule has 0 bridgehead atoms. The van der Waals surface area contributed by atoms with Crippen molar-refractivity contribution in [3.8, 4) is 0 Å². The second-order valence-corrected chi connectivity index (χ2v) is 3.97. The molecule has 0 atom stereocenters. The molecule has 2 nitrogen and oxygen atoms in total. The van der Waals surface area contributed by atoms with Crippen LogP contribution in [0.1, 0.15) is 13.8 Å². The molecule has 0 amide bonds. The minimum absolute atomic E-state index is 0.485. The van der Waals surface area contributed by atoms with E-state index in [1.54, 1.807) is 7.11 Å². The molecule has 86 valence electrons. The van der Waals surface area contributed by atoms with Gasteiger partial charge in [0.15, 0.2) is 0 Å². The number of nitrogens with zero attached hydrogens (tertiary/aromatic N) is 1. The highest BCUT2D eigenvalue weighted by molar-refractivity contribution is 5.24. The summed E-state index contributed by atoms with van der Waals surface area (Å²) in [5, 5.41) is 0. The molecule has 0 aliphatic heterocycles. The molecule has 0 saturated heterocycles. The summed E-state index contributed by atoms with van der Waals surface area (Å²) >= 11 is 0. The molecule has 2 heteroatoms. The normalized spacial score (nSPS) is 11.0. The van der Waals surface area contributed by atoms with Crippen LogP contribution in [0.4, 0.5) is 0 Å². The number of rotatable bonds is 7. The van der Waals surface area contributed by atoms with E-state index in [-0.39, 0.29) is 0 Å². The molecule has 0 spiro atoms. The fraction of sp³-hybridized carbons (Fsp3) is 0.538. The molecule has 0 radical (unpaired) electrons. The zero-order valence-electron chi connectivity index (χ0n) is 10.4. The van der Waals surface area contributed by atoms with E-state index in [0.29, 0.717) is 12.5 Å². The molecule has 0 rings (SSSR count). The van der Waals surface area contributed by atoms with Gasteiger partial charge in [-0.05, 0) is 12.0 Å². The van der Waals surface area contributed by atoms with Gasteiger partial charge in [-0.1, -0.05) is 38.7 Å². The number of hydrogen-bond acceptors (Lipinski definition) is 2. The van der Waals surface area contributed by atoms with E-state index in [9.17, 15) is 0 Å². The minimum Gasteiger partial charge on any atom is -0.383 e. The largest absolute Gasteiger partial charge is 0.383 e. The smallest absolute Gasteiger partial charge is 0.0637 e. The molecule has 0 aliphatic rings. The lowest BCUT2D eigenvalue weighted by Crippen LogP contribution is -2.20. The molecule has 0 aromatic carbocycles. The highest BCUT2D eigenvalue weighted by Gasteiger charge is 1.99. The number of ether oxygens (including phenoxy) is 1. The quantitative estimate of drug-likeness (QED) is 0.598. The molecule has 15 heavy (non-hydrogen) atoms. The fourth-order valence-electron chi connectivity index (χ4n) is 0.895. The van der Waals surface area contributed by atoms with Crippen molar-refractivity contribution in [3.05, 3.63) is 36.6 Å². The summed E-state index contributed by atoms with van der Waals surface area (Å²) in [6.07, 6.45) is 4.02.